The fourth-order valence-electron chi connectivity index (χ4n) is 2.34. The highest BCUT2D eigenvalue weighted by Gasteiger charge is 2.33. The van der Waals surface area contributed by atoms with Gasteiger partial charge in [0.05, 0.1) is 6.07 Å². The Kier molecular flexibility index (Phi) is 2.82. The van der Waals surface area contributed by atoms with E-state index in [1.807, 2.05) is 0 Å². The minimum atomic E-state index is 0.699. The zero-order valence-electron chi connectivity index (χ0n) is 8.00. The van der Waals surface area contributed by atoms with Crippen LogP contribution < -0.4 is 5.32 Å². The van der Waals surface area contributed by atoms with Crippen molar-refractivity contribution in [3.8, 4) is 6.07 Å². The Bertz CT molecular complexity index is 197. The Hall–Kier alpha value is -0.590. The van der Waals surface area contributed by atoms with Gasteiger partial charge in [0.15, 0.2) is 0 Å². The zero-order chi connectivity index (χ0) is 9.10. The van der Waals surface area contributed by atoms with Crippen LogP contribution in [0, 0.1) is 17.2 Å². The second kappa shape index (κ2) is 4.08. The lowest BCUT2D eigenvalue weighted by molar-refractivity contribution is 0.0696. The summed E-state index contributed by atoms with van der Waals surface area (Å²) >= 11 is 0. The Morgan fingerprint density at radius 2 is 2.00 bits per heavy atom. The van der Waals surface area contributed by atoms with Gasteiger partial charge in [0, 0.05) is 38.6 Å². The normalized spacial score (nSPS) is 35.0. The van der Waals surface area contributed by atoms with Crippen molar-refractivity contribution >= 4 is 0 Å². The lowest BCUT2D eigenvalue weighted by atomic mass is 9.77. The minimum Gasteiger partial charge on any atom is -0.314 e. The number of nitrogens with one attached hydrogen (secondary N) is 1. The topological polar surface area (TPSA) is 39.1 Å². The predicted molar refractivity (Wildman–Crippen MR) is 51.2 cm³/mol. The van der Waals surface area contributed by atoms with E-state index in [4.69, 9.17) is 5.26 Å². The second-order valence-corrected chi connectivity index (χ2v) is 4.14. The van der Waals surface area contributed by atoms with Crippen LogP contribution in [0.25, 0.3) is 0 Å². The average molecular weight is 179 g/mol. The molecule has 0 bridgehead atoms. The monoisotopic (exact) mass is 179 g/mol. The molecule has 2 rings (SSSR count). The van der Waals surface area contributed by atoms with E-state index >= 15 is 0 Å². The molecular formula is C10H17N3. The van der Waals surface area contributed by atoms with Gasteiger partial charge >= 0.3 is 0 Å². The van der Waals surface area contributed by atoms with Gasteiger partial charge in [-0.2, -0.15) is 5.26 Å². The molecule has 0 aromatic rings. The summed E-state index contributed by atoms with van der Waals surface area (Å²) in [4.78, 5) is 2.57. The molecule has 1 aliphatic heterocycles. The maximum absolute atomic E-state index is 8.52. The molecule has 2 aliphatic rings. The van der Waals surface area contributed by atoms with Crippen molar-refractivity contribution < 1.29 is 0 Å². The number of hydrogen-bond donors (Lipinski definition) is 1. The third kappa shape index (κ3) is 2.01. The maximum Gasteiger partial charge on any atom is 0.0624 e. The zero-order valence-corrected chi connectivity index (χ0v) is 8.00. The first-order valence-corrected chi connectivity index (χ1v) is 5.22. The standard InChI is InChI=1S/C10H17N3/c11-2-1-9-7-10(8-9)13-5-3-12-4-6-13/h9-10,12H,1,3-8H2. The fourth-order valence-corrected chi connectivity index (χ4v) is 2.34. The molecule has 1 aliphatic carbocycles. The van der Waals surface area contributed by atoms with Gasteiger partial charge in [-0.15, -0.1) is 0 Å². The quantitative estimate of drug-likeness (QED) is 0.674. The van der Waals surface area contributed by atoms with E-state index in [9.17, 15) is 0 Å². The number of nitrogens with zero attached hydrogens (tertiary/aromatic N) is 2. The molecular weight excluding hydrogens is 162 g/mol. The van der Waals surface area contributed by atoms with Crippen molar-refractivity contribution in [2.45, 2.75) is 25.3 Å². The van der Waals surface area contributed by atoms with Crippen molar-refractivity contribution in [1.29, 1.82) is 5.26 Å². The number of hydrogen-bond acceptors (Lipinski definition) is 3. The van der Waals surface area contributed by atoms with E-state index in [1.165, 1.54) is 25.9 Å². The number of rotatable bonds is 2. The number of nitriles is 1. The minimum absolute atomic E-state index is 0.699. The molecule has 72 valence electrons. The molecule has 1 heterocycles. The first-order chi connectivity index (χ1) is 6.40. The number of piperazine rings is 1. The van der Waals surface area contributed by atoms with E-state index in [-0.39, 0.29) is 0 Å². The van der Waals surface area contributed by atoms with E-state index < -0.39 is 0 Å². The van der Waals surface area contributed by atoms with Crippen LogP contribution >= 0.6 is 0 Å². The smallest absolute Gasteiger partial charge is 0.0624 e. The molecule has 1 N–H and O–H groups in total. The summed E-state index contributed by atoms with van der Waals surface area (Å²) < 4.78 is 0. The lowest BCUT2D eigenvalue weighted by Gasteiger charge is -2.44. The largest absolute Gasteiger partial charge is 0.314 e. The molecule has 0 radical (unpaired) electrons. The first-order valence-electron chi connectivity index (χ1n) is 5.22. The van der Waals surface area contributed by atoms with Gasteiger partial charge in [0.25, 0.3) is 0 Å². The summed E-state index contributed by atoms with van der Waals surface area (Å²) in [7, 11) is 0. The molecule has 3 heteroatoms. The molecule has 0 amide bonds. The second-order valence-electron chi connectivity index (χ2n) is 4.14. The highest BCUT2D eigenvalue weighted by Crippen LogP contribution is 2.33. The third-order valence-corrected chi connectivity index (χ3v) is 3.26. The molecule has 2 fully saturated rings. The Balaban J connectivity index is 1.70. The van der Waals surface area contributed by atoms with E-state index in [0.29, 0.717) is 5.92 Å². The van der Waals surface area contributed by atoms with Crippen LogP contribution in [0.15, 0.2) is 0 Å². The molecule has 0 unspecified atom stereocenters. The molecule has 1 saturated carbocycles. The molecule has 0 aromatic heterocycles. The summed E-state index contributed by atoms with van der Waals surface area (Å²) in [6, 6.07) is 3.05. The van der Waals surface area contributed by atoms with Crippen molar-refractivity contribution in [3.05, 3.63) is 0 Å². The Morgan fingerprint density at radius 1 is 1.31 bits per heavy atom. The van der Waals surface area contributed by atoms with Crippen LogP contribution in [0.4, 0.5) is 0 Å². The van der Waals surface area contributed by atoms with Crippen molar-refractivity contribution in [2.24, 2.45) is 5.92 Å². The van der Waals surface area contributed by atoms with Crippen molar-refractivity contribution in [1.82, 2.24) is 10.2 Å². The van der Waals surface area contributed by atoms with E-state index in [2.05, 4.69) is 16.3 Å². The van der Waals surface area contributed by atoms with Crippen LogP contribution in [-0.4, -0.2) is 37.1 Å². The highest BCUT2D eigenvalue weighted by molar-refractivity contribution is 4.92. The summed E-state index contributed by atoms with van der Waals surface area (Å²) in [5, 5.41) is 11.9. The van der Waals surface area contributed by atoms with Gasteiger partial charge in [-0.3, -0.25) is 4.90 Å². The van der Waals surface area contributed by atoms with Crippen LogP contribution in [0.1, 0.15) is 19.3 Å². The predicted octanol–water partition coefficient (Wildman–Crippen LogP) is 0.584. The van der Waals surface area contributed by atoms with Crippen molar-refractivity contribution in [3.63, 3.8) is 0 Å². The third-order valence-electron chi connectivity index (χ3n) is 3.26. The molecule has 3 nitrogen and oxygen atoms in total. The van der Waals surface area contributed by atoms with Crippen LogP contribution in [0.2, 0.25) is 0 Å². The van der Waals surface area contributed by atoms with Gasteiger partial charge in [-0.1, -0.05) is 0 Å². The van der Waals surface area contributed by atoms with Crippen LogP contribution in [0.3, 0.4) is 0 Å². The van der Waals surface area contributed by atoms with Gasteiger partial charge in [-0.25, -0.2) is 0 Å². The average Bonchev–Trinajstić information content (AvgIpc) is 2.12. The summed E-state index contributed by atoms with van der Waals surface area (Å²) in [6.45, 7) is 4.67. The summed E-state index contributed by atoms with van der Waals surface area (Å²) in [5.41, 5.74) is 0. The molecule has 0 spiro atoms. The van der Waals surface area contributed by atoms with Crippen LogP contribution in [0.5, 0.6) is 0 Å². The van der Waals surface area contributed by atoms with Gasteiger partial charge in [-0.05, 0) is 18.8 Å². The first kappa shape index (κ1) is 8.98. The van der Waals surface area contributed by atoms with Gasteiger partial charge in [0.1, 0.15) is 0 Å². The molecule has 1 saturated heterocycles. The van der Waals surface area contributed by atoms with Crippen LogP contribution in [-0.2, 0) is 0 Å². The fraction of sp³-hybridized carbons (Fsp3) is 0.900. The maximum atomic E-state index is 8.52. The van der Waals surface area contributed by atoms with Gasteiger partial charge < -0.3 is 5.32 Å². The highest BCUT2D eigenvalue weighted by atomic mass is 15.2. The van der Waals surface area contributed by atoms with Gasteiger partial charge in [0.2, 0.25) is 0 Å². The summed E-state index contributed by atoms with van der Waals surface area (Å²) in [6.07, 6.45) is 3.28. The molecule has 13 heavy (non-hydrogen) atoms. The molecule has 0 atom stereocenters. The van der Waals surface area contributed by atoms with E-state index in [0.717, 1.165) is 25.6 Å². The van der Waals surface area contributed by atoms with E-state index in [1.54, 1.807) is 0 Å². The summed E-state index contributed by atoms with van der Waals surface area (Å²) in [5.74, 6) is 0.699. The Labute approximate surface area is 79.7 Å². The molecule has 0 aromatic carbocycles. The van der Waals surface area contributed by atoms with Crippen molar-refractivity contribution in [2.75, 3.05) is 26.2 Å². The SMILES string of the molecule is N#CCC1CC(N2CCNCC2)C1. The Morgan fingerprint density at radius 3 is 2.62 bits per heavy atom. The lowest BCUT2D eigenvalue weighted by Crippen LogP contribution is -2.52.